The number of hydrogen-bond donors (Lipinski definition) is 0. The van der Waals surface area contributed by atoms with Gasteiger partial charge in [0, 0.05) is 10.2 Å². The molecule has 0 saturated carbocycles. The van der Waals surface area contributed by atoms with E-state index in [2.05, 4.69) is 46.9 Å². The van der Waals surface area contributed by atoms with Crippen LogP contribution >= 0.6 is 22.6 Å². The van der Waals surface area contributed by atoms with Crippen LogP contribution in [-0.4, -0.2) is 12.7 Å². The largest absolute Gasteiger partial charge is 0.378 e. The minimum atomic E-state index is 0.460. The molecule has 1 aromatic carbocycles. The van der Waals surface area contributed by atoms with Gasteiger partial charge < -0.3 is 4.74 Å². The van der Waals surface area contributed by atoms with Crippen molar-refractivity contribution in [3.05, 3.63) is 33.4 Å². The molecule has 76 valence electrons. The number of halogens is 1. The molecule has 0 N–H and O–H groups in total. The Morgan fingerprint density at radius 2 is 2.29 bits per heavy atom. The first-order valence-corrected chi connectivity index (χ1v) is 6.28. The van der Waals surface area contributed by atoms with E-state index in [9.17, 15) is 0 Å². The van der Waals surface area contributed by atoms with Gasteiger partial charge in [0.25, 0.3) is 0 Å². The summed E-state index contributed by atoms with van der Waals surface area (Å²) in [7, 11) is 0. The van der Waals surface area contributed by atoms with Gasteiger partial charge in [-0.15, -0.1) is 0 Å². The summed E-state index contributed by atoms with van der Waals surface area (Å²) in [6.07, 6.45) is 5.33. The molecular formula is C12H15IO. The Hall–Kier alpha value is -0.0900. The molecule has 14 heavy (non-hydrogen) atoms. The van der Waals surface area contributed by atoms with Crippen LogP contribution in [0.4, 0.5) is 0 Å². The summed E-state index contributed by atoms with van der Waals surface area (Å²) >= 11 is 2.36. The lowest BCUT2D eigenvalue weighted by Crippen LogP contribution is -2.21. The Kier molecular flexibility index (Phi) is 3.81. The van der Waals surface area contributed by atoms with Gasteiger partial charge in [0.15, 0.2) is 0 Å². The van der Waals surface area contributed by atoms with E-state index in [0.29, 0.717) is 6.10 Å². The molecule has 1 fully saturated rings. The summed E-state index contributed by atoms with van der Waals surface area (Å²) in [5.74, 6) is 0. The number of benzene rings is 1. The molecule has 1 atom stereocenters. The summed E-state index contributed by atoms with van der Waals surface area (Å²) in [6, 6.07) is 8.70. The zero-order valence-corrected chi connectivity index (χ0v) is 10.4. The van der Waals surface area contributed by atoms with E-state index in [1.165, 1.54) is 28.4 Å². The molecule has 0 aliphatic carbocycles. The van der Waals surface area contributed by atoms with Gasteiger partial charge in [0.2, 0.25) is 0 Å². The lowest BCUT2D eigenvalue weighted by molar-refractivity contribution is 0.0168. The van der Waals surface area contributed by atoms with Crippen molar-refractivity contribution >= 4 is 22.6 Å². The second-order valence-corrected chi connectivity index (χ2v) is 5.07. The molecule has 0 amide bonds. The zero-order valence-electron chi connectivity index (χ0n) is 8.21. The van der Waals surface area contributed by atoms with Gasteiger partial charge in [0.05, 0.1) is 6.10 Å². The van der Waals surface area contributed by atoms with Gasteiger partial charge in [-0.25, -0.2) is 0 Å². The average molecular weight is 302 g/mol. The first-order chi connectivity index (χ1) is 6.84. The summed E-state index contributed by atoms with van der Waals surface area (Å²) in [6.45, 7) is 0.953. The van der Waals surface area contributed by atoms with Crippen LogP contribution in [0, 0.1) is 3.57 Å². The summed E-state index contributed by atoms with van der Waals surface area (Å²) in [5.41, 5.74) is 1.41. The lowest BCUT2D eigenvalue weighted by Gasteiger charge is -2.22. The number of rotatable bonds is 2. The van der Waals surface area contributed by atoms with Crippen molar-refractivity contribution in [3.63, 3.8) is 0 Å². The highest BCUT2D eigenvalue weighted by Crippen LogP contribution is 2.18. The van der Waals surface area contributed by atoms with E-state index >= 15 is 0 Å². The maximum Gasteiger partial charge on any atom is 0.0615 e. The molecule has 1 unspecified atom stereocenters. The maximum absolute atomic E-state index is 5.72. The molecule has 0 spiro atoms. The molecule has 0 radical (unpaired) electrons. The molecule has 1 aromatic rings. The Morgan fingerprint density at radius 3 is 3.00 bits per heavy atom. The zero-order chi connectivity index (χ0) is 9.80. The highest BCUT2D eigenvalue weighted by molar-refractivity contribution is 14.1. The fourth-order valence-corrected chi connectivity index (χ4v) is 2.50. The molecule has 1 nitrogen and oxygen atoms in total. The number of hydrogen-bond acceptors (Lipinski definition) is 1. The van der Waals surface area contributed by atoms with Gasteiger partial charge in [-0.2, -0.15) is 0 Å². The first-order valence-electron chi connectivity index (χ1n) is 5.20. The van der Waals surface area contributed by atoms with E-state index in [1.807, 2.05) is 0 Å². The van der Waals surface area contributed by atoms with Crippen LogP contribution < -0.4 is 0 Å². The predicted octanol–water partition coefficient (Wildman–Crippen LogP) is 3.40. The molecule has 2 heteroatoms. The molecule has 0 aromatic heterocycles. The normalized spacial score (nSPS) is 22.2. The van der Waals surface area contributed by atoms with Crippen molar-refractivity contribution < 1.29 is 4.74 Å². The molecule has 1 aliphatic heterocycles. The fraction of sp³-hybridized carbons (Fsp3) is 0.500. The monoisotopic (exact) mass is 302 g/mol. The molecular weight excluding hydrogens is 287 g/mol. The quantitative estimate of drug-likeness (QED) is 0.761. The van der Waals surface area contributed by atoms with E-state index in [4.69, 9.17) is 4.74 Å². The molecule has 2 rings (SSSR count). The third kappa shape index (κ3) is 2.95. The van der Waals surface area contributed by atoms with Gasteiger partial charge in [-0.1, -0.05) is 12.1 Å². The predicted molar refractivity (Wildman–Crippen MR) is 66.5 cm³/mol. The van der Waals surface area contributed by atoms with Crippen molar-refractivity contribution in [2.24, 2.45) is 0 Å². The number of ether oxygens (including phenoxy) is 1. The van der Waals surface area contributed by atoms with E-state index in [-0.39, 0.29) is 0 Å². The summed E-state index contributed by atoms with van der Waals surface area (Å²) < 4.78 is 7.03. The van der Waals surface area contributed by atoms with Gasteiger partial charge >= 0.3 is 0 Å². The Balaban J connectivity index is 1.95. The molecule has 1 heterocycles. The van der Waals surface area contributed by atoms with Crippen molar-refractivity contribution in [2.45, 2.75) is 31.8 Å². The minimum Gasteiger partial charge on any atom is -0.378 e. The van der Waals surface area contributed by atoms with Crippen molar-refractivity contribution in [2.75, 3.05) is 6.61 Å². The van der Waals surface area contributed by atoms with Gasteiger partial charge in [0.1, 0.15) is 0 Å². The minimum absolute atomic E-state index is 0.460. The van der Waals surface area contributed by atoms with Crippen LogP contribution in [0.1, 0.15) is 24.8 Å². The van der Waals surface area contributed by atoms with Crippen molar-refractivity contribution in [1.29, 1.82) is 0 Å². The van der Waals surface area contributed by atoms with E-state index in [1.54, 1.807) is 0 Å². The third-order valence-corrected chi connectivity index (χ3v) is 3.30. The maximum atomic E-state index is 5.72. The second kappa shape index (κ2) is 5.12. The van der Waals surface area contributed by atoms with Crippen molar-refractivity contribution in [3.8, 4) is 0 Å². The van der Waals surface area contributed by atoms with Gasteiger partial charge in [-0.05, 0) is 66.0 Å². The Morgan fingerprint density at radius 1 is 1.36 bits per heavy atom. The molecule has 1 aliphatic rings. The Bertz CT molecular complexity index is 292. The topological polar surface area (TPSA) is 9.23 Å². The standard InChI is InChI=1S/C12H15IO/c13-11-5-3-4-10(8-11)9-12-6-1-2-7-14-12/h3-5,8,12H,1-2,6-7,9H2. The summed E-state index contributed by atoms with van der Waals surface area (Å²) in [4.78, 5) is 0. The van der Waals surface area contributed by atoms with Gasteiger partial charge in [-0.3, -0.25) is 0 Å². The fourth-order valence-electron chi connectivity index (χ4n) is 1.90. The third-order valence-electron chi connectivity index (χ3n) is 2.63. The van der Waals surface area contributed by atoms with Crippen LogP contribution in [-0.2, 0) is 11.2 Å². The SMILES string of the molecule is Ic1cccc(CC2CCCCO2)c1. The lowest BCUT2D eigenvalue weighted by atomic mass is 10.0. The summed E-state index contributed by atoms with van der Waals surface area (Å²) in [5, 5.41) is 0. The van der Waals surface area contributed by atoms with Crippen molar-refractivity contribution in [1.82, 2.24) is 0 Å². The average Bonchev–Trinajstić information content (AvgIpc) is 2.19. The van der Waals surface area contributed by atoms with Crippen LogP contribution in [0.5, 0.6) is 0 Å². The van der Waals surface area contributed by atoms with Crippen LogP contribution in [0.3, 0.4) is 0 Å². The van der Waals surface area contributed by atoms with E-state index < -0.39 is 0 Å². The smallest absolute Gasteiger partial charge is 0.0615 e. The van der Waals surface area contributed by atoms with Crippen LogP contribution in [0.2, 0.25) is 0 Å². The van der Waals surface area contributed by atoms with Crippen LogP contribution in [0.15, 0.2) is 24.3 Å². The second-order valence-electron chi connectivity index (χ2n) is 3.82. The highest BCUT2D eigenvalue weighted by atomic mass is 127. The molecule has 1 saturated heterocycles. The van der Waals surface area contributed by atoms with Crippen LogP contribution in [0.25, 0.3) is 0 Å². The highest BCUT2D eigenvalue weighted by Gasteiger charge is 2.13. The Labute approximate surface area is 99.0 Å². The molecule has 0 bridgehead atoms. The van der Waals surface area contributed by atoms with E-state index in [0.717, 1.165) is 13.0 Å². The first kappa shape index (κ1) is 10.4.